The number of carboxylic acid groups (broad SMARTS) is 1. The highest BCUT2D eigenvalue weighted by Crippen LogP contribution is 2.43. The van der Waals surface area contributed by atoms with Crippen molar-refractivity contribution >= 4 is 19.8 Å². The fourth-order valence-corrected chi connectivity index (χ4v) is 6.70. The lowest BCUT2D eigenvalue weighted by atomic mass is 10.1. The van der Waals surface area contributed by atoms with Crippen LogP contribution in [0.1, 0.15) is 194 Å². The lowest BCUT2D eigenvalue weighted by Crippen LogP contribution is -2.34. The second kappa shape index (κ2) is 40.4. The van der Waals surface area contributed by atoms with Crippen LogP contribution in [-0.2, 0) is 32.7 Å². The summed E-state index contributed by atoms with van der Waals surface area (Å²) in [6.07, 6.45) is 44.7. The summed E-state index contributed by atoms with van der Waals surface area (Å²) in [7, 11) is -4.62. The van der Waals surface area contributed by atoms with Crippen LogP contribution in [0.3, 0.4) is 0 Å². The molecule has 0 radical (unpaired) electrons. The molecule has 0 aromatic carbocycles. The van der Waals surface area contributed by atoms with E-state index in [9.17, 15) is 19.0 Å². The zero-order valence-corrected chi connectivity index (χ0v) is 35.9. The van der Waals surface area contributed by atoms with Gasteiger partial charge in [0.15, 0.2) is 0 Å². The molecule has 3 atom stereocenters. The molecule has 0 aliphatic rings. The van der Waals surface area contributed by atoms with Crippen molar-refractivity contribution in [3.05, 3.63) is 36.5 Å². The molecule has 11 heteroatoms. The van der Waals surface area contributed by atoms with Gasteiger partial charge in [-0.3, -0.25) is 18.6 Å². The molecule has 0 amide bonds. The third-order valence-electron chi connectivity index (χ3n) is 9.39. The number of carbonyl (C=O) groups excluding carboxylic acids is 1. The molecule has 55 heavy (non-hydrogen) atoms. The van der Waals surface area contributed by atoms with Gasteiger partial charge in [0, 0.05) is 13.0 Å². The third-order valence-corrected chi connectivity index (χ3v) is 10.3. The Morgan fingerprint density at radius 1 is 0.582 bits per heavy atom. The van der Waals surface area contributed by atoms with Crippen LogP contribution >= 0.6 is 7.82 Å². The molecule has 0 bridgehead atoms. The molecular weight excluding hydrogens is 717 g/mol. The summed E-state index contributed by atoms with van der Waals surface area (Å²) >= 11 is 0. The molecule has 0 heterocycles. The Labute approximate surface area is 336 Å². The number of hydrogen-bond donors (Lipinski definition) is 3. The van der Waals surface area contributed by atoms with Crippen molar-refractivity contribution in [3.8, 4) is 0 Å². The van der Waals surface area contributed by atoms with E-state index in [0.717, 1.165) is 57.8 Å². The Bertz CT molecular complexity index is 1020. The highest BCUT2D eigenvalue weighted by molar-refractivity contribution is 7.47. The van der Waals surface area contributed by atoms with Crippen LogP contribution in [0.4, 0.5) is 0 Å². The maximum Gasteiger partial charge on any atom is 0.472 e. The summed E-state index contributed by atoms with van der Waals surface area (Å²) in [5.74, 6) is -1.79. The number of rotatable bonds is 42. The fourth-order valence-electron chi connectivity index (χ4n) is 5.92. The first kappa shape index (κ1) is 53.2. The van der Waals surface area contributed by atoms with Gasteiger partial charge in [0.05, 0.1) is 19.8 Å². The van der Waals surface area contributed by atoms with E-state index in [1.165, 1.54) is 109 Å². The number of phosphoric acid groups is 1. The number of hydrogen-bond acceptors (Lipinski definition) is 8. The molecule has 0 fully saturated rings. The lowest BCUT2D eigenvalue weighted by Gasteiger charge is -2.20. The van der Waals surface area contributed by atoms with E-state index >= 15 is 0 Å². The second-order valence-electron chi connectivity index (χ2n) is 14.8. The van der Waals surface area contributed by atoms with Crippen LogP contribution in [-0.4, -0.2) is 60.5 Å². The van der Waals surface area contributed by atoms with E-state index in [-0.39, 0.29) is 13.0 Å². The molecular formula is C44H82NO9P. The topological polar surface area (TPSA) is 155 Å². The molecule has 3 unspecified atom stereocenters. The van der Waals surface area contributed by atoms with Gasteiger partial charge in [0.2, 0.25) is 0 Å². The number of aliphatic carboxylic acids is 1. The standard InChI is InChI=1S/C44H82NO9P/c1-3-5-7-9-11-13-15-17-19-20-21-22-24-26-28-30-32-34-36-43(46)54-41(39-52-55(49,50)53-40-42(45)44(47)48)38-51-37-35-33-31-29-27-25-23-18-16-14-12-10-8-6-4-2/h13,15-16,18-20,41-42H,3-12,14,17,21-40,45H2,1-2H3,(H,47,48)(H,49,50)/b15-13-,18-16-,20-19-. The number of phosphoric ester groups is 1. The van der Waals surface area contributed by atoms with Crippen molar-refractivity contribution in [2.75, 3.05) is 26.4 Å². The van der Waals surface area contributed by atoms with Crippen molar-refractivity contribution in [2.24, 2.45) is 5.73 Å². The van der Waals surface area contributed by atoms with Crippen molar-refractivity contribution in [2.45, 2.75) is 206 Å². The average molecular weight is 800 g/mol. The van der Waals surface area contributed by atoms with Crippen molar-refractivity contribution in [1.29, 1.82) is 0 Å². The molecule has 4 N–H and O–H groups in total. The van der Waals surface area contributed by atoms with E-state index in [1.54, 1.807) is 0 Å². The number of unbranched alkanes of at least 4 members (excludes halogenated alkanes) is 22. The zero-order valence-electron chi connectivity index (χ0n) is 35.0. The van der Waals surface area contributed by atoms with Crippen molar-refractivity contribution in [1.82, 2.24) is 0 Å². The first-order valence-corrected chi connectivity index (χ1v) is 23.5. The Morgan fingerprint density at radius 2 is 1.00 bits per heavy atom. The Balaban J connectivity index is 4.25. The van der Waals surface area contributed by atoms with Crippen LogP contribution in [0.2, 0.25) is 0 Å². The Morgan fingerprint density at radius 3 is 1.51 bits per heavy atom. The largest absolute Gasteiger partial charge is 0.480 e. The molecule has 0 aromatic heterocycles. The number of allylic oxidation sites excluding steroid dienone is 6. The van der Waals surface area contributed by atoms with Crippen LogP contribution in [0, 0.1) is 0 Å². The fraction of sp³-hybridized carbons (Fsp3) is 0.818. The first-order valence-electron chi connectivity index (χ1n) is 22.0. The van der Waals surface area contributed by atoms with E-state index < -0.39 is 45.1 Å². The van der Waals surface area contributed by atoms with Crippen molar-refractivity contribution < 1.29 is 42.7 Å². The monoisotopic (exact) mass is 800 g/mol. The molecule has 0 aromatic rings. The number of carboxylic acids is 1. The van der Waals surface area contributed by atoms with Crippen LogP contribution in [0.5, 0.6) is 0 Å². The van der Waals surface area contributed by atoms with Gasteiger partial charge in [-0.1, -0.05) is 153 Å². The van der Waals surface area contributed by atoms with E-state index in [0.29, 0.717) is 13.0 Å². The van der Waals surface area contributed by atoms with Gasteiger partial charge in [0.1, 0.15) is 12.1 Å². The highest BCUT2D eigenvalue weighted by Gasteiger charge is 2.27. The SMILES string of the molecule is CCCCCC/C=C\C/C=C\CCCCCCCCCC(=O)OC(COCCCCCCCC/C=C\CCCCCCC)COP(=O)(O)OCC(N)C(=O)O. The molecule has 0 saturated heterocycles. The predicted molar refractivity (Wildman–Crippen MR) is 226 cm³/mol. The van der Waals surface area contributed by atoms with Gasteiger partial charge >= 0.3 is 19.8 Å². The Kier molecular flexibility index (Phi) is 39.1. The summed E-state index contributed by atoms with van der Waals surface area (Å²) in [5.41, 5.74) is 5.35. The molecule has 0 aliphatic carbocycles. The number of ether oxygens (including phenoxy) is 2. The van der Waals surface area contributed by atoms with Gasteiger partial charge in [-0.25, -0.2) is 4.57 Å². The minimum Gasteiger partial charge on any atom is -0.480 e. The summed E-state index contributed by atoms with van der Waals surface area (Å²) in [6.45, 7) is 3.84. The molecule has 0 saturated carbocycles. The summed E-state index contributed by atoms with van der Waals surface area (Å²) < 4.78 is 33.3. The smallest absolute Gasteiger partial charge is 0.472 e. The average Bonchev–Trinajstić information content (AvgIpc) is 3.16. The highest BCUT2D eigenvalue weighted by atomic mass is 31.2. The van der Waals surface area contributed by atoms with E-state index in [1.807, 2.05) is 0 Å². The maximum atomic E-state index is 12.6. The quantitative estimate of drug-likeness (QED) is 0.0235. The third kappa shape index (κ3) is 40.2. The van der Waals surface area contributed by atoms with Gasteiger partial charge < -0.3 is 25.2 Å². The van der Waals surface area contributed by atoms with Gasteiger partial charge in [-0.2, -0.15) is 0 Å². The molecule has 0 aliphatic heterocycles. The van der Waals surface area contributed by atoms with E-state index in [2.05, 4.69) is 50.3 Å². The summed E-state index contributed by atoms with van der Waals surface area (Å²) in [4.78, 5) is 33.5. The number of carbonyl (C=O) groups is 2. The maximum absolute atomic E-state index is 12.6. The zero-order chi connectivity index (χ0) is 40.5. The minimum absolute atomic E-state index is 0.0103. The predicted octanol–water partition coefficient (Wildman–Crippen LogP) is 12.1. The number of esters is 1. The number of nitrogens with two attached hydrogens (primary N) is 1. The molecule has 10 nitrogen and oxygen atoms in total. The molecule has 0 spiro atoms. The molecule has 0 rings (SSSR count). The molecule has 322 valence electrons. The second-order valence-corrected chi connectivity index (χ2v) is 16.3. The van der Waals surface area contributed by atoms with Crippen molar-refractivity contribution in [3.63, 3.8) is 0 Å². The Hall–Kier alpha value is -1.81. The summed E-state index contributed by atoms with van der Waals surface area (Å²) in [5, 5.41) is 8.89. The minimum atomic E-state index is -4.62. The van der Waals surface area contributed by atoms with Crippen LogP contribution in [0.25, 0.3) is 0 Å². The van der Waals surface area contributed by atoms with Gasteiger partial charge in [-0.05, 0) is 70.6 Å². The van der Waals surface area contributed by atoms with Crippen LogP contribution < -0.4 is 5.73 Å². The van der Waals surface area contributed by atoms with Gasteiger partial charge in [0.25, 0.3) is 0 Å². The first-order chi connectivity index (χ1) is 26.7. The normalized spacial score (nSPS) is 14.3. The van der Waals surface area contributed by atoms with Crippen LogP contribution in [0.15, 0.2) is 36.5 Å². The lowest BCUT2D eigenvalue weighted by molar-refractivity contribution is -0.154. The van der Waals surface area contributed by atoms with E-state index in [4.69, 9.17) is 29.4 Å². The van der Waals surface area contributed by atoms with Gasteiger partial charge in [-0.15, -0.1) is 0 Å². The summed E-state index contributed by atoms with van der Waals surface area (Å²) in [6, 6.07) is -1.47.